The second kappa shape index (κ2) is 8.39. The maximum Gasteiger partial charge on any atom is 0.251 e. The molecule has 0 atom stereocenters. The van der Waals surface area contributed by atoms with Gasteiger partial charge in [-0.1, -0.05) is 38.5 Å². The van der Waals surface area contributed by atoms with Gasteiger partial charge in [0.2, 0.25) is 0 Å². The van der Waals surface area contributed by atoms with Gasteiger partial charge < -0.3 is 10.4 Å². The zero-order chi connectivity index (χ0) is 15.0. The lowest BCUT2D eigenvalue weighted by Crippen LogP contribution is -2.29. The molecule has 1 aromatic carbocycles. The van der Waals surface area contributed by atoms with Gasteiger partial charge in [-0.15, -0.1) is 0 Å². The van der Waals surface area contributed by atoms with Gasteiger partial charge in [0.1, 0.15) is 6.61 Å². The lowest BCUT2D eigenvalue weighted by molar-refractivity contribution is 0.0946. The molecule has 0 saturated heterocycles. The third-order valence-corrected chi connectivity index (χ3v) is 3.36. The molecule has 20 heavy (non-hydrogen) atoms. The Labute approximate surface area is 121 Å². The maximum absolute atomic E-state index is 12.2. The van der Waals surface area contributed by atoms with E-state index in [1.807, 2.05) is 19.1 Å². The van der Waals surface area contributed by atoms with Crippen LogP contribution in [0.4, 0.5) is 0 Å². The van der Waals surface area contributed by atoms with E-state index in [0.717, 1.165) is 24.0 Å². The van der Waals surface area contributed by atoms with Gasteiger partial charge in [0.25, 0.3) is 5.91 Å². The summed E-state index contributed by atoms with van der Waals surface area (Å²) in [6, 6.07) is 5.52. The fourth-order valence-corrected chi connectivity index (χ4v) is 2.04. The molecule has 0 bridgehead atoms. The number of rotatable bonds is 5. The topological polar surface area (TPSA) is 49.3 Å². The normalized spacial score (nSPS) is 10.1. The highest BCUT2D eigenvalue weighted by molar-refractivity contribution is 5.94. The number of carbonyl (C=O) groups is 1. The van der Waals surface area contributed by atoms with Gasteiger partial charge in [-0.25, -0.2) is 0 Å². The molecular weight excluding hydrogens is 250 g/mol. The Morgan fingerprint density at radius 3 is 2.60 bits per heavy atom. The van der Waals surface area contributed by atoms with Crippen molar-refractivity contribution in [3.63, 3.8) is 0 Å². The Hall–Kier alpha value is -1.79. The molecule has 0 aliphatic carbocycles. The molecule has 0 unspecified atom stereocenters. The summed E-state index contributed by atoms with van der Waals surface area (Å²) < 4.78 is 0. The Kier molecular flexibility index (Phi) is 6.83. The average molecular weight is 273 g/mol. The minimum absolute atomic E-state index is 0.0624. The van der Waals surface area contributed by atoms with Gasteiger partial charge in [-0.05, 0) is 36.6 Å². The summed E-state index contributed by atoms with van der Waals surface area (Å²) in [6.45, 7) is 6.73. The van der Waals surface area contributed by atoms with Crippen LogP contribution in [0.15, 0.2) is 18.2 Å². The van der Waals surface area contributed by atoms with E-state index < -0.39 is 0 Å². The molecule has 0 aliphatic heterocycles. The van der Waals surface area contributed by atoms with Gasteiger partial charge in [0.05, 0.1) is 0 Å². The molecule has 108 valence electrons. The smallest absolute Gasteiger partial charge is 0.251 e. The van der Waals surface area contributed by atoms with Gasteiger partial charge >= 0.3 is 0 Å². The molecule has 3 heteroatoms. The number of nitrogens with one attached hydrogen (secondary N) is 1. The molecular formula is C17H23NO2. The van der Waals surface area contributed by atoms with Crippen molar-refractivity contribution in [2.45, 2.75) is 33.6 Å². The Morgan fingerprint density at radius 2 is 2.00 bits per heavy atom. The van der Waals surface area contributed by atoms with Crippen molar-refractivity contribution < 1.29 is 9.90 Å². The average Bonchev–Trinajstić information content (AvgIpc) is 2.45. The summed E-state index contributed by atoms with van der Waals surface area (Å²) in [5, 5.41) is 11.7. The summed E-state index contributed by atoms with van der Waals surface area (Å²) in [6.07, 6.45) is 2.13. The van der Waals surface area contributed by atoms with E-state index in [4.69, 9.17) is 5.11 Å². The predicted molar refractivity (Wildman–Crippen MR) is 81.5 cm³/mol. The van der Waals surface area contributed by atoms with Crippen molar-refractivity contribution in [1.29, 1.82) is 0 Å². The zero-order valence-corrected chi connectivity index (χ0v) is 12.5. The first-order valence-electron chi connectivity index (χ1n) is 7.10. The minimum Gasteiger partial charge on any atom is -0.384 e. The Morgan fingerprint density at radius 1 is 1.30 bits per heavy atom. The first-order valence-corrected chi connectivity index (χ1v) is 7.10. The molecule has 0 aromatic heterocycles. The van der Waals surface area contributed by atoms with Crippen LogP contribution in [0, 0.1) is 24.7 Å². The highest BCUT2D eigenvalue weighted by Gasteiger charge is 2.09. The predicted octanol–water partition coefficient (Wildman–Crippen LogP) is 2.50. The number of hydrogen-bond acceptors (Lipinski definition) is 2. The van der Waals surface area contributed by atoms with E-state index in [1.165, 1.54) is 0 Å². The van der Waals surface area contributed by atoms with Crippen molar-refractivity contribution in [3.8, 4) is 11.8 Å². The maximum atomic E-state index is 12.2. The fraction of sp³-hybridized carbons (Fsp3) is 0.471. The van der Waals surface area contributed by atoms with Crippen LogP contribution in [0.5, 0.6) is 0 Å². The van der Waals surface area contributed by atoms with E-state index in [9.17, 15) is 4.79 Å². The summed E-state index contributed by atoms with van der Waals surface area (Å²) >= 11 is 0. The van der Waals surface area contributed by atoms with E-state index in [2.05, 4.69) is 31.0 Å². The standard InChI is InChI=1S/C17H23NO2/c1-4-14(5-2)12-18-17(20)16-10-13(3)9-15(11-16)7-6-8-19/h9-11,14,19H,4-5,8,12H2,1-3H3,(H,18,20). The molecule has 2 N–H and O–H groups in total. The summed E-state index contributed by atoms with van der Waals surface area (Å²) in [5.74, 6) is 5.90. The van der Waals surface area contributed by atoms with Crippen LogP contribution in [0.2, 0.25) is 0 Å². The number of hydrogen-bond donors (Lipinski definition) is 2. The third kappa shape index (κ3) is 5.07. The molecule has 0 fully saturated rings. The first kappa shape index (κ1) is 16.3. The van der Waals surface area contributed by atoms with Gasteiger partial charge in [-0.3, -0.25) is 4.79 Å². The lowest BCUT2D eigenvalue weighted by Gasteiger charge is -2.13. The van der Waals surface area contributed by atoms with Crippen LogP contribution in [-0.2, 0) is 0 Å². The van der Waals surface area contributed by atoms with Gasteiger partial charge in [0.15, 0.2) is 0 Å². The number of carbonyl (C=O) groups excluding carboxylic acids is 1. The fourth-order valence-electron chi connectivity index (χ4n) is 2.04. The van der Waals surface area contributed by atoms with Crippen molar-refractivity contribution in [3.05, 3.63) is 34.9 Å². The molecule has 1 rings (SSSR count). The highest BCUT2D eigenvalue weighted by atomic mass is 16.2. The second-order valence-corrected chi connectivity index (χ2v) is 4.94. The van der Waals surface area contributed by atoms with Crippen molar-refractivity contribution in [2.24, 2.45) is 5.92 Å². The van der Waals surface area contributed by atoms with Crippen molar-refractivity contribution >= 4 is 5.91 Å². The molecule has 0 heterocycles. The third-order valence-electron chi connectivity index (χ3n) is 3.36. The molecule has 0 radical (unpaired) electrons. The first-order chi connectivity index (χ1) is 9.60. The number of aliphatic hydroxyl groups is 1. The number of benzene rings is 1. The van der Waals surface area contributed by atoms with E-state index in [1.54, 1.807) is 6.07 Å². The molecule has 1 aromatic rings. The molecule has 0 saturated carbocycles. The summed E-state index contributed by atoms with van der Waals surface area (Å²) in [5.41, 5.74) is 2.37. The van der Waals surface area contributed by atoms with Crippen LogP contribution in [-0.4, -0.2) is 24.2 Å². The second-order valence-electron chi connectivity index (χ2n) is 4.94. The number of aliphatic hydroxyl groups excluding tert-OH is 1. The largest absolute Gasteiger partial charge is 0.384 e. The lowest BCUT2D eigenvalue weighted by atomic mass is 10.0. The number of aryl methyl sites for hydroxylation is 1. The minimum atomic E-state index is -0.176. The van der Waals surface area contributed by atoms with Crippen LogP contribution < -0.4 is 5.32 Å². The van der Waals surface area contributed by atoms with Crippen molar-refractivity contribution in [1.82, 2.24) is 5.32 Å². The SMILES string of the molecule is CCC(CC)CNC(=O)c1cc(C)cc(C#CCO)c1. The quantitative estimate of drug-likeness (QED) is 0.810. The van der Waals surface area contributed by atoms with Crippen LogP contribution in [0.25, 0.3) is 0 Å². The highest BCUT2D eigenvalue weighted by Crippen LogP contribution is 2.10. The Balaban J connectivity index is 2.79. The molecule has 3 nitrogen and oxygen atoms in total. The van der Waals surface area contributed by atoms with Gasteiger partial charge in [0, 0.05) is 17.7 Å². The van der Waals surface area contributed by atoms with Crippen LogP contribution >= 0.6 is 0 Å². The molecule has 0 aliphatic rings. The monoisotopic (exact) mass is 273 g/mol. The molecule has 1 amide bonds. The summed E-state index contributed by atoms with van der Waals surface area (Å²) in [4.78, 5) is 12.2. The zero-order valence-electron chi connectivity index (χ0n) is 12.5. The number of amides is 1. The Bertz CT molecular complexity index is 507. The van der Waals surface area contributed by atoms with E-state index >= 15 is 0 Å². The molecule has 0 spiro atoms. The van der Waals surface area contributed by atoms with E-state index in [0.29, 0.717) is 18.0 Å². The van der Waals surface area contributed by atoms with Gasteiger partial charge in [-0.2, -0.15) is 0 Å². The van der Waals surface area contributed by atoms with Crippen LogP contribution in [0.1, 0.15) is 48.2 Å². The summed E-state index contributed by atoms with van der Waals surface area (Å²) in [7, 11) is 0. The van der Waals surface area contributed by atoms with E-state index in [-0.39, 0.29) is 12.5 Å². The van der Waals surface area contributed by atoms with Crippen LogP contribution in [0.3, 0.4) is 0 Å². The van der Waals surface area contributed by atoms with Crippen molar-refractivity contribution in [2.75, 3.05) is 13.2 Å².